The standard InChI is InChI=1S/C14H21NO4/c1-4-14(2,7-8-16)15-13(18)11-6-5-10(19-3)9-12(11)17/h5-6,9,16-17H,4,7-8H2,1-3H3,(H,15,18). The van der Waals surface area contributed by atoms with Crippen LogP contribution in [0.5, 0.6) is 11.5 Å². The van der Waals surface area contributed by atoms with E-state index in [1.807, 2.05) is 13.8 Å². The first-order valence-corrected chi connectivity index (χ1v) is 6.26. The quantitative estimate of drug-likeness (QED) is 0.732. The second kappa shape index (κ2) is 6.43. The van der Waals surface area contributed by atoms with Crippen molar-refractivity contribution in [2.45, 2.75) is 32.2 Å². The SMILES string of the molecule is CCC(C)(CCO)NC(=O)c1ccc(OC)cc1O. The fourth-order valence-electron chi connectivity index (χ4n) is 1.75. The monoisotopic (exact) mass is 267 g/mol. The van der Waals surface area contributed by atoms with E-state index in [0.29, 0.717) is 18.6 Å². The Labute approximate surface area is 113 Å². The van der Waals surface area contributed by atoms with E-state index in [9.17, 15) is 9.90 Å². The maximum absolute atomic E-state index is 12.1. The number of phenols is 1. The first kappa shape index (κ1) is 15.3. The molecule has 3 N–H and O–H groups in total. The van der Waals surface area contributed by atoms with Crippen LogP contribution in [0, 0.1) is 0 Å². The van der Waals surface area contributed by atoms with Crippen LogP contribution >= 0.6 is 0 Å². The molecule has 5 nitrogen and oxygen atoms in total. The minimum Gasteiger partial charge on any atom is -0.507 e. The molecule has 1 atom stereocenters. The lowest BCUT2D eigenvalue weighted by Crippen LogP contribution is -2.46. The molecule has 0 radical (unpaired) electrons. The zero-order valence-corrected chi connectivity index (χ0v) is 11.6. The average molecular weight is 267 g/mol. The third kappa shape index (κ3) is 3.86. The number of rotatable bonds is 6. The van der Waals surface area contributed by atoms with E-state index in [1.54, 1.807) is 6.07 Å². The summed E-state index contributed by atoms with van der Waals surface area (Å²) in [5.74, 6) is -0.0000777. The molecule has 0 fully saturated rings. The summed E-state index contributed by atoms with van der Waals surface area (Å²) in [5, 5.41) is 21.7. The van der Waals surface area contributed by atoms with Crippen LogP contribution < -0.4 is 10.1 Å². The first-order chi connectivity index (χ1) is 8.95. The minimum absolute atomic E-state index is 0.000779. The zero-order valence-electron chi connectivity index (χ0n) is 11.6. The van der Waals surface area contributed by atoms with Crippen LogP contribution in [-0.4, -0.2) is 35.4 Å². The summed E-state index contributed by atoms with van der Waals surface area (Å²) in [6.45, 7) is 3.80. The smallest absolute Gasteiger partial charge is 0.255 e. The Hall–Kier alpha value is -1.75. The van der Waals surface area contributed by atoms with Crippen molar-refractivity contribution >= 4 is 5.91 Å². The molecule has 5 heteroatoms. The van der Waals surface area contributed by atoms with Crippen LogP contribution in [0.25, 0.3) is 0 Å². The number of hydrogen-bond acceptors (Lipinski definition) is 4. The summed E-state index contributed by atoms with van der Waals surface area (Å²) in [4.78, 5) is 12.1. The van der Waals surface area contributed by atoms with Gasteiger partial charge in [-0.25, -0.2) is 0 Å². The molecule has 1 rings (SSSR count). The van der Waals surface area contributed by atoms with Gasteiger partial charge in [-0.2, -0.15) is 0 Å². The number of carbonyl (C=O) groups is 1. The number of carbonyl (C=O) groups excluding carboxylic acids is 1. The van der Waals surface area contributed by atoms with E-state index >= 15 is 0 Å². The number of hydrogen-bond donors (Lipinski definition) is 3. The number of aliphatic hydroxyl groups excluding tert-OH is 1. The Kier molecular flexibility index (Phi) is 5.18. The van der Waals surface area contributed by atoms with E-state index in [4.69, 9.17) is 9.84 Å². The predicted molar refractivity (Wildman–Crippen MR) is 72.5 cm³/mol. The predicted octanol–water partition coefficient (Wildman–Crippen LogP) is 1.68. The lowest BCUT2D eigenvalue weighted by molar-refractivity contribution is 0.0883. The van der Waals surface area contributed by atoms with Gasteiger partial charge in [0, 0.05) is 18.2 Å². The third-order valence-electron chi connectivity index (χ3n) is 3.31. The zero-order chi connectivity index (χ0) is 14.5. The largest absolute Gasteiger partial charge is 0.507 e. The molecule has 0 spiro atoms. The highest BCUT2D eigenvalue weighted by Crippen LogP contribution is 2.24. The molecule has 19 heavy (non-hydrogen) atoms. The van der Waals surface area contributed by atoms with E-state index < -0.39 is 5.54 Å². The molecule has 0 saturated heterocycles. The fraction of sp³-hybridized carbons (Fsp3) is 0.500. The van der Waals surface area contributed by atoms with Crippen LogP contribution in [0.2, 0.25) is 0 Å². The molecule has 1 aromatic carbocycles. The van der Waals surface area contributed by atoms with Gasteiger partial charge in [0.05, 0.1) is 12.7 Å². The summed E-state index contributed by atoms with van der Waals surface area (Å²) in [6.07, 6.45) is 1.16. The van der Waals surface area contributed by atoms with E-state index in [-0.39, 0.29) is 23.8 Å². The molecule has 1 unspecified atom stereocenters. The van der Waals surface area contributed by atoms with Gasteiger partial charge in [0.25, 0.3) is 5.91 Å². The highest BCUT2D eigenvalue weighted by Gasteiger charge is 2.25. The molecular weight excluding hydrogens is 246 g/mol. The summed E-state index contributed by atoms with van der Waals surface area (Å²) in [6, 6.07) is 4.52. The number of methoxy groups -OCH3 is 1. The molecule has 0 saturated carbocycles. The number of phenolic OH excluding ortho intramolecular Hbond substituents is 1. The maximum Gasteiger partial charge on any atom is 0.255 e. The van der Waals surface area contributed by atoms with Crippen molar-refractivity contribution < 1.29 is 19.7 Å². The van der Waals surface area contributed by atoms with E-state index in [2.05, 4.69) is 5.32 Å². The average Bonchev–Trinajstić information content (AvgIpc) is 2.38. The Morgan fingerprint density at radius 2 is 2.16 bits per heavy atom. The summed E-state index contributed by atoms with van der Waals surface area (Å²) in [5.41, 5.74) is -0.295. The Morgan fingerprint density at radius 3 is 2.63 bits per heavy atom. The van der Waals surface area contributed by atoms with Gasteiger partial charge in [-0.3, -0.25) is 4.79 Å². The first-order valence-electron chi connectivity index (χ1n) is 6.26. The van der Waals surface area contributed by atoms with Crippen molar-refractivity contribution in [3.63, 3.8) is 0 Å². The van der Waals surface area contributed by atoms with Crippen LogP contribution in [0.4, 0.5) is 0 Å². The molecule has 0 bridgehead atoms. The van der Waals surface area contributed by atoms with Gasteiger partial charge in [-0.15, -0.1) is 0 Å². The Bertz CT molecular complexity index is 447. The summed E-state index contributed by atoms with van der Waals surface area (Å²) in [7, 11) is 1.49. The minimum atomic E-state index is -0.488. The van der Waals surface area contributed by atoms with Crippen LogP contribution in [0.1, 0.15) is 37.0 Å². The lowest BCUT2D eigenvalue weighted by atomic mass is 9.94. The van der Waals surface area contributed by atoms with Crippen molar-refractivity contribution in [1.82, 2.24) is 5.32 Å². The van der Waals surface area contributed by atoms with Crippen LogP contribution in [-0.2, 0) is 0 Å². The highest BCUT2D eigenvalue weighted by atomic mass is 16.5. The fourth-order valence-corrected chi connectivity index (χ4v) is 1.75. The van der Waals surface area contributed by atoms with Crippen molar-refractivity contribution in [3.8, 4) is 11.5 Å². The Balaban J connectivity index is 2.89. The molecular formula is C14H21NO4. The van der Waals surface area contributed by atoms with Gasteiger partial charge in [0.2, 0.25) is 0 Å². The molecule has 106 valence electrons. The van der Waals surface area contributed by atoms with Gasteiger partial charge in [-0.1, -0.05) is 6.92 Å². The number of nitrogens with one attached hydrogen (secondary N) is 1. The highest BCUT2D eigenvalue weighted by molar-refractivity contribution is 5.97. The molecule has 0 heterocycles. The lowest BCUT2D eigenvalue weighted by Gasteiger charge is -2.29. The van der Waals surface area contributed by atoms with Gasteiger partial charge in [0.15, 0.2) is 0 Å². The summed E-state index contributed by atoms with van der Waals surface area (Å²) >= 11 is 0. The molecule has 1 aromatic rings. The van der Waals surface area contributed by atoms with Gasteiger partial charge < -0.3 is 20.3 Å². The van der Waals surface area contributed by atoms with E-state index in [1.165, 1.54) is 19.2 Å². The van der Waals surface area contributed by atoms with Crippen LogP contribution in [0.15, 0.2) is 18.2 Å². The van der Waals surface area contributed by atoms with Crippen molar-refractivity contribution in [3.05, 3.63) is 23.8 Å². The Morgan fingerprint density at radius 1 is 1.47 bits per heavy atom. The third-order valence-corrected chi connectivity index (χ3v) is 3.31. The second-order valence-corrected chi connectivity index (χ2v) is 4.73. The number of benzene rings is 1. The van der Waals surface area contributed by atoms with Crippen molar-refractivity contribution in [1.29, 1.82) is 0 Å². The van der Waals surface area contributed by atoms with Crippen molar-refractivity contribution in [2.75, 3.05) is 13.7 Å². The maximum atomic E-state index is 12.1. The summed E-state index contributed by atoms with van der Waals surface area (Å²) < 4.78 is 4.97. The van der Waals surface area contributed by atoms with Gasteiger partial charge in [0.1, 0.15) is 11.5 Å². The normalized spacial score (nSPS) is 13.7. The van der Waals surface area contributed by atoms with Crippen molar-refractivity contribution in [2.24, 2.45) is 0 Å². The number of amides is 1. The van der Waals surface area contributed by atoms with Gasteiger partial charge >= 0.3 is 0 Å². The van der Waals surface area contributed by atoms with Crippen LogP contribution in [0.3, 0.4) is 0 Å². The topological polar surface area (TPSA) is 78.8 Å². The molecule has 0 aliphatic rings. The number of aliphatic hydroxyl groups is 1. The molecule has 0 aromatic heterocycles. The van der Waals surface area contributed by atoms with Gasteiger partial charge in [-0.05, 0) is 31.9 Å². The number of aromatic hydroxyl groups is 1. The molecule has 0 aliphatic carbocycles. The molecule has 0 aliphatic heterocycles. The van der Waals surface area contributed by atoms with E-state index in [0.717, 1.165) is 0 Å². The molecule has 1 amide bonds. The second-order valence-electron chi connectivity index (χ2n) is 4.73. The number of ether oxygens (including phenoxy) is 1.